The summed E-state index contributed by atoms with van der Waals surface area (Å²) >= 11 is 0. The molecule has 0 unspecified atom stereocenters. The Balaban J connectivity index is 1.60. The molecule has 1 heterocycles. The van der Waals surface area contributed by atoms with E-state index >= 15 is 0 Å². The lowest BCUT2D eigenvalue weighted by Crippen LogP contribution is -2.37. The molecule has 1 amide bonds. The van der Waals surface area contributed by atoms with Gasteiger partial charge in [0.05, 0.1) is 0 Å². The Morgan fingerprint density at radius 2 is 2.14 bits per heavy atom. The minimum atomic E-state index is -0.891. The quantitative estimate of drug-likeness (QED) is 0.811. The number of aryl methyl sites for hydroxylation is 1. The number of hydrogen-bond acceptors (Lipinski definition) is 3. The topological polar surface area (TPSA) is 62.2 Å². The lowest BCUT2D eigenvalue weighted by molar-refractivity contribution is -0.129. The normalized spacial score (nSPS) is 17.4. The van der Waals surface area contributed by atoms with E-state index in [2.05, 4.69) is 10.3 Å². The third kappa shape index (κ3) is 5.84. The van der Waals surface area contributed by atoms with Crippen LogP contribution >= 0.6 is 0 Å². The van der Waals surface area contributed by atoms with Gasteiger partial charge in [0.1, 0.15) is 6.10 Å². The summed E-state index contributed by atoms with van der Waals surface area (Å²) in [5.74, 6) is 0.380. The van der Waals surface area contributed by atoms with E-state index in [1.165, 1.54) is 32.1 Å². The van der Waals surface area contributed by atoms with E-state index in [9.17, 15) is 9.90 Å². The number of nitrogens with zero attached hydrogens (tertiary/aromatic N) is 1. The number of amides is 1. The van der Waals surface area contributed by atoms with Crippen molar-refractivity contribution in [3.63, 3.8) is 0 Å². The average molecular weight is 290 g/mol. The van der Waals surface area contributed by atoms with Crippen LogP contribution in [-0.2, 0) is 11.2 Å². The molecule has 0 saturated heterocycles. The van der Waals surface area contributed by atoms with Crippen LogP contribution < -0.4 is 5.32 Å². The Morgan fingerprint density at radius 1 is 1.33 bits per heavy atom. The SMILES string of the molecule is O=C(NCC1CCCCC1)[C@@H](O)CCCc1ccccn1. The van der Waals surface area contributed by atoms with Gasteiger partial charge in [0.2, 0.25) is 5.91 Å². The minimum Gasteiger partial charge on any atom is -0.383 e. The Morgan fingerprint density at radius 3 is 2.86 bits per heavy atom. The third-order valence-electron chi connectivity index (χ3n) is 4.23. The summed E-state index contributed by atoms with van der Waals surface area (Å²) in [7, 11) is 0. The number of aliphatic hydroxyl groups excluding tert-OH is 1. The van der Waals surface area contributed by atoms with Crippen molar-refractivity contribution >= 4 is 5.91 Å². The molecule has 1 aliphatic rings. The lowest BCUT2D eigenvalue weighted by atomic mass is 9.89. The van der Waals surface area contributed by atoms with Crippen LogP contribution in [0.15, 0.2) is 24.4 Å². The number of carbonyl (C=O) groups excluding carboxylic acids is 1. The van der Waals surface area contributed by atoms with Gasteiger partial charge >= 0.3 is 0 Å². The van der Waals surface area contributed by atoms with Gasteiger partial charge in [-0.3, -0.25) is 9.78 Å². The fourth-order valence-corrected chi connectivity index (χ4v) is 2.91. The molecule has 1 aliphatic carbocycles. The molecule has 0 aliphatic heterocycles. The summed E-state index contributed by atoms with van der Waals surface area (Å²) in [6, 6.07) is 5.81. The summed E-state index contributed by atoms with van der Waals surface area (Å²) in [6.07, 6.45) is 9.21. The van der Waals surface area contributed by atoms with Gasteiger partial charge < -0.3 is 10.4 Å². The summed E-state index contributed by atoms with van der Waals surface area (Å²) < 4.78 is 0. The first kappa shape index (κ1) is 16.0. The second-order valence-electron chi connectivity index (χ2n) is 5.98. The fourth-order valence-electron chi connectivity index (χ4n) is 2.91. The monoisotopic (exact) mass is 290 g/mol. The number of nitrogens with one attached hydrogen (secondary N) is 1. The highest BCUT2D eigenvalue weighted by Crippen LogP contribution is 2.22. The number of pyridine rings is 1. The number of carbonyl (C=O) groups is 1. The second-order valence-corrected chi connectivity index (χ2v) is 5.98. The molecule has 1 aromatic rings. The van der Waals surface area contributed by atoms with E-state index in [1.807, 2.05) is 18.2 Å². The fraction of sp³-hybridized carbons (Fsp3) is 0.647. The van der Waals surface area contributed by atoms with Gasteiger partial charge in [-0.2, -0.15) is 0 Å². The second kappa shape index (κ2) is 8.78. The van der Waals surface area contributed by atoms with Crippen molar-refractivity contribution in [2.45, 2.75) is 57.5 Å². The van der Waals surface area contributed by atoms with Gasteiger partial charge in [0.15, 0.2) is 0 Å². The average Bonchev–Trinajstić information content (AvgIpc) is 2.54. The van der Waals surface area contributed by atoms with E-state index in [0.717, 1.165) is 25.1 Å². The van der Waals surface area contributed by atoms with Crippen LogP contribution in [0.1, 0.15) is 50.6 Å². The van der Waals surface area contributed by atoms with Crippen LogP contribution in [0.5, 0.6) is 0 Å². The number of hydrogen-bond donors (Lipinski definition) is 2. The lowest BCUT2D eigenvalue weighted by Gasteiger charge is -2.22. The summed E-state index contributed by atoms with van der Waals surface area (Å²) in [5.41, 5.74) is 1.01. The highest BCUT2D eigenvalue weighted by Gasteiger charge is 2.18. The van der Waals surface area contributed by atoms with Gasteiger partial charge in [-0.15, -0.1) is 0 Å². The molecule has 0 bridgehead atoms. The Hall–Kier alpha value is -1.42. The minimum absolute atomic E-state index is 0.221. The van der Waals surface area contributed by atoms with Crippen LogP contribution in [0, 0.1) is 5.92 Å². The Labute approximate surface area is 127 Å². The molecule has 0 radical (unpaired) electrons. The third-order valence-corrected chi connectivity index (χ3v) is 4.23. The molecule has 0 aromatic carbocycles. The van der Waals surface area contributed by atoms with Crippen LogP contribution in [0.4, 0.5) is 0 Å². The van der Waals surface area contributed by atoms with Gasteiger partial charge in [0, 0.05) is 18.4 Å². The number of aliphatic hydroxyl groups is 1. The molecule has 21 heavy (non-hydrogen) atoms. The molecular formula is C17H26N2O2. The Bertz CT molecular complexity index is 416. The maximum atomic E-state index is 11.9. The zero-order valence-corrected chi connectivity index (χ0v) is 12.6. The van der Waals surface area contributed by atoms with Crippen molar-refractivity contribution in [2.75, 3.05) is 6.54 Å². The Kier molecular flexibility index (Phi) is 6.67. The van der Waals surface area contributed by atoms with Crippen molar-refractivity contribution in [1.82, 2.24) is 10.3 Å². The summed E-state index contributed by atoms with van der Waals surface area (Å²) in [4.78, 5) is 16.1. The highest BCUT2D eigenvalue weighted by atomic mass is 16.3. The first-order chi connectivity index (χ1) is 10.3. The molecule has 1 fully saturated rings. The molecule has 2 N–H and O–H groups in total. The zero-order chi connectivity index (χ0) is 14.9. The predicted octanol–water partition coefficient (Wildman–Crippen LogP) is 2.46. The van der Waals surface area contributed by atoms with Crippen molar-refractivity contribution in [3.8, 4) is 0 Å². The van der Waals surface area contributed by atoms with Crippen LogP contribution in [0.3, 0.4) is 0 Å². The van der Waals surface area contributed by atoms with Crippen molar-refractivity contribution in [3.05, 3.63) is 30.1 Å². The standard InChI is InChI=1S/C17H26N2O2/c20-16(11-6-10-15-9-4-5-12-18-15)17(21)19-13-14-7-2-1-3-8-14/h4-5,9,12,14,16,20H,1-3,6-8,10-11,13H2,(H,19,21)/t16-/m0/s1. The molecule has 4 nitrogen and oxygen atoms in total. The molecule has 1 saturated carbocycles. The number of aromatic nitrogens is 1. The molecule has 1 aromatic heterocycles. The van der Waals surface area contributed by atoms with E-state index in [0.29, 0.717) is 12.3 Å². The molecule has 0 spiro atoms. The van der Waals surface area contributed by atoms with E-state index in [1.54, 1.807) is 6.20 Å². The first-order valence-corrected chi connectivity index (χ1v) is 8.11. The maximum absolute atomic E-state index is 11.9. The molecule has 116 valence electrons. The van der Waals surface area contributed by atoms with E-state index in [-0.39, 0.29) is 5.91 Å². The summed E-state index contributed by atoms with van der Waals surface area (Å²) in [6.45, 7) is 0.718. The van der Waals surface area contributed by atoms with Gasteiger partial charge in [-0.05, 0) is 50.2 Å². The van der Waals surface area contributed by atoms with Gasteiger partial charge in [-0.25, -0.2) is 0 Å². The van der Waals surface area contributed by atoms with Crippen molar-refractivity contribution in [1.29, 1.82) is 0 Å². The van der Waals surface area contributed by atoms with Gasteiger partial charge in [-0.1, -0.05) is 25.3 Å². The molecular weight excluding hydrogens is 264 g/mol. The summed E-state index contributed by atoms with van der Waals surface area (Å²) in [5, 5.41) is 12.8. The van der Waals surface area contributed by atoms with Crippen LogP contribution in [-0.4, -0.2) is 28.6 Å². The molecule has 1 atom stereocenters. The maximum Gasteiger partial charge on any atom is 0.248 e. The predicted molar refractivity (Wildman–Crippen MR) is 82.8 cm³/mol. The largest absolute Gasteiger partial charge is 0.383 e. The van der Waals surface area contributed by atoms with Crippen molar-refractivity contribution < 1.29 is 9.90 Å². The smallest absolute Gasteiger partial charge is 0.248 e. The first-order valence-electron chi connectivity index (χ1n) is 8.11. The zero-order valence-electron chi connectivity index (χ0n) is 12.6. The van der Waals surface area contributed by atoms with Crippen LogP contribution in [0.25, 0.3) is 0 Å². The van der Waals surface area contributed by atoms with Gasteiger partial charge in [0.25, 0.3) is 0 Å². The molecule has 2 rings (SSSR count). The van der Waals surface area contributed by atoms with E-state index < -0.39 is 6.10 Å². The van der Waals surface area contributed by atoms with E-state index in [4.69, 9.17) is 0 Å². The number of rotatable bonds is 7. The van der Waals surface area contributed by atoms with Crippen molar-refractivity contribution in [2.24, 2.45) is 5.92 Å². The molecule has 4 heteroatoms. The highest BCUT2D eigenvalue weighted by molar-refractivity contribution is 5.80. The van der Waals surface area contributed by atoms with Crippen LogP contribution in [0.2, 0.25) is 0 Å².